The second kappa shape index (κ2) is 5.38. The summed E-state index contributed by atoms with van der Waals surface area (Å²) in [6, 6.07) is 10.0. The van der Waals surface area contributed by atoms with Crippen molar-refractivity contribution in [2.45, 2.75) is 6.92 Å². The van der Waals surface area contributed by atoms with Crippen molar-refractivity contribution in [2.24, 2.45) is 0 Å². The van der Waals surface area contributed by atoms with Crippen molar-refractivity contribution in [3.63, 3.8) is 0 Å². The number of hydrogen-bond donors (Lipinski definition) is 2. The number of anilines is 1. The van der Waals surface area contributed by atoms with Crippen LogP contribution in [0, 0.1) is 0 Å². The molecule has 70 valence electrons. The van der Waals surface area contributed by atoms with E-state index >= 15 is 0 Å². The van der Waals surface area contributed by atoms with Crippen molar-refractivity contribution in [1.82, 2.24) is 0 Å². The number of hydrogen-bond acceptors (Lipinski definition) is 2. The molecule has 2 nitrogen and oxygen atoms in total. The van der Waals surface area contributed by atoms with Gasteiger partial charge in [0.1, 0.15) is 0 Å². The lowest BCUT2D eigenvalue weighted by Crippen LogP contribution is -2.02. The zero-order chi connectivity index (χ0) is 9.52. The maximum absolute atomic E-state index is 8.63. The summed E-state index contributed by atoms with van der Waals surface area (Å²) in [5, 5.41) is 11.9. The molecule has 13 heavy (non-hydrogen) atoms. The first-order valence-electron chi connectivity index (χ1n) is 4.38. The normalized spacial score (nSPS) is 11.4. The SMILES string of the molecule is C/C(=C\CO)CNc1ccccc1. The molecular weight excluding hydrogens is 162 g/mol. The van der Waals surface area contributed by atoms with Gasteiger partial charge in [-0.15, -0.1) is 0 Å². The molecule has 0 heterocycles. The molecule has 0 saturated heterocycles. The zero-order valence-electron chi connectivity index (χ0n) is 7.83. The van der Waals surface area contributed by atoms with E-state index in [0.29, 0.717) is 0 Å². The molecule has 0 spiro atoms. The fourth-order valence-electron chi connectivity index (χ4n) is 1.03. The standard InChI is InChI=1S/C11H15NO/c1-10(7-8-13)9-12-11-5-3-2-4-6-11/h2-7,12-13H,8-9H2,1H3/b10-7+. The third kappa shape index (κ3) is 3.76. The van der Waals surface area contributed by atoms with Crippen LogP contribution in [-0.4, -0.2) is 18.3 Å². The molecule has 0 saturated carbocycles. The topological polar surface area (TPSA) is 32.3 Å². The van der Waals surface area contributed by atoms with Crippen LogP contribution in [0.1, 0.15) is 6.92 Å². The van der Waals surface area contributed by atoms with Crippen LogP contribution in [0.4, 0.5) is 5.69 Å². The van der Waals surface area contributed by atoms with Crippen molar-refractivity contribution in [1.29, 1.82) is 0 Å². The summed E-state index contributed by atoms with van der Waals surface area (Å²) in [7, 11) is 0. The second-order valence-electron chi connectivity index (χ2n) is 2.95. The lowest BCUT2D eigenvalue weighted by atomic mass is 10.2. The highest BCUT2D eigenvalue weighted by molar-refractivity contribution is 5.43. The summed E-state index contributed by atoms with van der Waals surface area (Å²) in [6.45, 7) is 2.89. The maximum atomic E-state index is 8.63. The Morgan fingerprint density at radius 2 is 2.08 bits per heavy atom. The summed E-state index contributed by atoms with van der Waals surface area (Å²) < 4.78 is 0. The average molecular weight is 177 g/mol. The Balaban J connectivity index is 2.39. The molecule has 0 aromatic heterocycles. The number of aliphatic hydroxyl groups excluding tert-OH is 1. The molecule has 1 rings (SSSR count). The summed E-state index contributed by atoms with van der Waals surface area (Å²) in [4.78, 5) is 0. The molecule has 0 aliphatic heterocycles. The fourth-order valence-corrected chi connectivity index (χ4v) is 1.03. The van der Waals surface area contributed by atoms with Crippen LogP contribution in [0.5, 0.6) is 0 Å². The summed E-state index contributed by atoms with van der Waals surface area (Å²) >= 11 is 0. The molecule has 0 aliphatic carbocycles. The molecule has 1 aromatic rings. The van der Waals surface area contributed by atoms with Gasteiger partial charge in [-0.1, -0.05) is 29.8 Å². The zero-order valence-corrected chi connectivity index (χ0v) is 7.83. The van der Waals surface area contributed by atoms with Gasteiger partial charge >= 0.3 is 0 Å². The minimum Gasteiger partial charge on any atom is -0.392 e. The van der Waals surface area contributed by atoms with Gasteiger partial charge in [0.15, 0.2) is 0 Å². The van der Waals surface area contributed by atoms with E-state index in [1.807, 2.05) is 37.3 Å². The van der Waals surface area contributed by atoms with E-state index in [-0.39, 0.29) is 6.61 Å². The van der Waals surface area contributed by atoms with Crippen LogP contribution >= 0.6 is 0 Å². The van der Waals surface area contributed by atoms with E-state index in [9.17, 15) is 0 Å². The van der Waals surface area contributed by atoms with Crippen LogP contribution in [0.3, 0.4) is 0 Å². The lowest BCUT2D eigenvalue weighted by Gasteiger charge is -2.05. The van der Waals surface area contributed by atoms with Gasteiger partial charge < -0.3 is 10.4 Å². The first kappa shape index (κ1) is 9.81. The molecule has 0 aliphatic rings. The lowest BCUT2D eigenvalue weighted by molar-refractivity contribution is 0.341. The Hall–Kier alpha value is -1.28. The summed E-state index contributed by atoms with van der Waals surface area (Å²) in [5.74, 6) is 0. The second-order valence-corrected chi connectivity index (χ2v) is 2.95. The highest BCUT2D eigenvalue weighted by atomic mass is 16.2. The average Bonchev–Trinajstić information content (AvgIpc) is 2.17. The van der Waals surface area contributed by atoms with Gasteiger partial charge in [0.25, 0.3) is 0 Å². The smallest absolute Gasteiger partial charge is 0.0615 e. The van der Waals surface area contributed by atoms with Crippen LogP contribution in [0.2, 0.25) is 0 Å². The Kier molecular flexibility index (Phi) is 4.06. The third-order valence-corrected chi connectivity index (χ3v) is 1.78. The van der Waals surface area contributed by atoms with E-state index in [0.717, 1.165) is 17.8 Å². The summed E-state index contributed by atoms with van der Waals surface area (Å²) in [5.41, 5.74) is 2.25. The van der Waals surface area contributed by atoms with E-state index in [1.165, 1.54) is 0 Å². The molecule has 0 radical (unpaired) electrons. The first-order chi connectivity index (χ1) is 6.33. The number of aliphatic hydroxyl groups is 1. The molecular formula is C11H15NO. The largest absolute Gasteiger partial charge is 0.392 e. The van der Waals surface area contributed by atoms with Crippen LogP contribution in [0.15, 0.2) is 42.0 Å². The predicted molar refractivity (Wildman–Crippen MR) is 55.8 cm³/mol. The van der Waals surface area contributed by atoms with E-state index < -0.39 is 0 Å². The minimum absolute atomic E-state index is 0.113. The molecule has 0 bridgehead atoms. The maximum Gasteiger partial charge on any atom is 0.0615 e. The van der Waals surface area contributed by atoms with E-state index in [2.05, 4.69) is 5.32 Å². The van der Waals surface area contributed by atoms with Gasteiger partial charge in [-0.25, -0.2) is 0 Å². The van der Waals surface area contributed by atoms with Crippen LogP contribution in [0.25, 0.3) is 0 Å². The van der Waals surface area contributed by atoms with Crippen molar-refractivity contribution in [2.75, 3.05) is 18.5 Å². The quantitative estimate of drug-likeness (QED) is 0.690. The van der Waals surface area contributed by atoms with Crippen molar-refractivity contribution in [3.8, 4) is 0 Å². The monoisotopic (exact) mass is 177 g/mol. The molecule has 2 heteroatoms. The first-order valence-corrected chi connectivity index (χ1v) is 4.38. The van der Waals surface area contributed by atoms with E-state index in [1.54, 1.807) is 6.08 Å². The van der Waals surface area contributed by atoms with Gasteiger partial charge in [0, 0.05) is 12.2 Å². The van der Waals surface area contributed by atoms with Gasteiger partial charge in [0.2, 0.25) is 0 Å². The Labute approximate surface area is 78.9 Å². The molecule has 1 aromatic carbocycles. The Bertz CT molecular complexity index is 267. The van der Waals surface area contributed by atoms with Gasteiger partial charge in [-0.3, -0.25) is 0 Å². The highest BCUT2D eigenvalue weighted by Crippen LogP contribution is 2.05. The molecule has 0 amide bonds. The molecule has 0 atom stereocenters. The molecule has 0 unspecified atom stereocenters. The Morgan fingerprint density at radius 1 is 1.38 bits per heavy atom. The predicted octanol–water partition coefficient (Wildman–Crippen LogP) is 2.04. The number of rotatable bonds is 4. The van der Waals surface area contributed by atoms with Crippen molar-refractivity contribution < 1.29 is 5.11 Å². The minimum atomic E-state index is 0.113. The molecule has 2 N–H and O–H groups in total. The third-order valence-electron chi connectivity index (χ3n) is 1.78. The van der Waals surface area contributed by atoms with Gasteiger partial charge in [-0.2, -0.15) is 0 Å². The number of para-hydroxylation sites is 1. The highest BCUT2D eigenvalue weighted by Gasteiger charge is 1.89. The number of benzene rings is 1. The fraction of sp³-hybridized carbons (Fsp3) is 0.273. The van der Waals surface area contributed by atoms with Crippen molar-refractivity contribution >= 4 is 5.69 Å². The van der Waals surface area contributed by atoms with Crippen molar-refractivity contribution in [3.05, 3.63) is 42.0 Å². The Morgan fingerprint density at radius 3 is 2.69 bits per heavy atom. The molecule has 0 fully saturated rings. The van der Waals surface area contributed by atoms with Crippen LogP contribution < -0.4 is 5.32 Å². The van der Waals surface area contributed by atoms with Gasteiger partial charge in [0.05, 0.1) is 6.61 Å². The number of nitrogens with one attached hydrogen (secondary N) is 1. The van der Waals surface area contributed by atoms with E-state index in [4.69, 9.17) is 5.11 Å². The summed E-state index contributed by atoms with van der Waals surface area (Å²) in [6.07, 6.45) is 1.80. The van der Waals surface area contributed by atoms with Gasteiger partial charge in [-0.05, 0) is 19.1 Å². The van der Waals surface area contributed by atoms with Crippen LogP contribution in [-0.2, 0) is 0 Å².